The lowest BCUT2D eigenvalue weighted by Gasteiger charge is -2.10. The minimum absolute atomic E-state index is 0.379. The van der Waals surface area contributed by atoms with E-state index >= 15 is 0 Å². The van der Waals surface area contributed by atoms with Gasteiger partial charge in [0.2, 0.25) is 5.91 Å². The number of carbonyl (C=O) groups excluding carboxylic acids is 1. The van der Waals surface area contributed by atoms with Crippen LogP contribution in [0.5, 0.6) is 0 Å². The summed E-state index contributed by atoms with van der Waals surface area (Å²) in [6, 6.07) is 7.97. The second kappa shape index (κ2) is 8.62. The number of pyridine rings is 1. The minimum atomic E-state index is -1.17. The molecular weight excluding hydrogens is 332 g/mol. The molecule has 1 heterocycles. The second-order valence-electron chi connectivity index (χ2n) is 5.87. The number of carboxylic acid groups (broad SMARTS) is 1. The fourth-order valence-electron chi connectivity index (χ4n) is 2.37. The average molecular weight is 352 g/mol. The van der Waals surface area contributed by atoms with Crippen molar-refractivity contribution in [3.05, 3.63) is 47.0 Å². The number of rotatable bonds is 7. The Hall–Kier alpha value is -3.40. The molecule has 7 nitrogen and oxygen atoms in total. The van der Waals surface area contributed by atoms with Crippen molar-refractivity contribution in [1.29, 1.82) is 5.26 Å². The maximum absolute atomic E-state index is 11.3. The van der Waals surface area contributed by atoms with Gasteiger partial charge in [0.25, 0.3) is 0 Å². The van der Waals surface area contributed by atoms with Crippen molar-refractivity contribution in [3.63, 3.8) is 0 Å². The number of anilines is 1. The smallest absolute Gasteiger partial charge is 0.328 e. The Morgan fingerprint density at radius 2 is 1.92 bits per heavy atom. The van der Waals surface area contributed by atoms with Crippen LogP contribution >= 0.6 is 0 Å². The summed E-state index contributed by atoms with van der Waals surface area (Å²) < 4.78 is 0. The summed E-state index contributed by atoms with van der Waals surface area (Å²) in [7, 11) is 0. The van der Waals surface area contributed by atoms with Crippen LogP contribution in [0.25, 0.3) is 10.9 Å². The topological polar surface area (TPSA) is 115 Å². The van der Waals surface area contributed by atoms with Gasteiger partial charge in [0, 0.05) is 30.6 Å². The van der Waals surface area contributed by atoms with Gasteiger partial charge in [0.1, 0.15) is 11.9 Å². The predicted octanol–water partition coefficient (Wildman–Crippen LogP) is 2.28. The maximum atomic E-state index is 11.3. The standard InChI is InChI=1S/C19H20N4O3/c1-12-8-14-10-15(11-20)19(23-16(14)9-13(12)2)22-7-3-6-21-17(24)4-5-18(25)26/h4-5,8-10H,3,6-7H2,1-2H3,(H,21,24)(H,22,23)(H,25,26)/b5-4+. The third-order valence-electron chi connectivity index (χ3n) is 3.87. The van der Waals surface area contributed by atoms with Crippen LogP contribution in [-0.2, 0) is 9.59 Å². The molecule has 1 aromatic heterocycles. The number of benzene rings is 1. The molecule has 0 aliphatic heterocycles. The molecule has 1 amide bonds. The molecule has 26 heavy (non-hydrogen) atoms. The summed E-state index contributed by atoms with van der Waals surface area (Å²) in [5.74, 6) is -1.11. The van der Waals surface area contributed by atoms with Crippen LogP contribution in [0.2, 0.25) is 0 Å². The number of nitriles is 1. The predicted molar refractivity (Wildman–Crippen MR) is 98.8 cm³/mol. The third kappa shape index (κ3) is 5.05. The Bertz CT molecular complexity index is 913. The Morgan fingerprint density at radius 1 is 1.19 bits per heavy atom. The minimum Gasteiger partial charge on any atom is -0.478 e. The normalized spacial score (nSPS) is 10.7. The first-order valence-electron chi connectivity index (χ1n) is 8.15. The number of aryl methyl sites for hydroxylation is 2. The van der Waals surface area contributed by atoms with Gasteiger partial charge in [-0.1, -0.05) is 0 Å². The van der Waals surface area contributed by atoms with E-state index in [9.17, 15) is 14.9 Å². The summed E-state index contributed by atoms with van der Waals surface area (Å²) in [6.45, 7) is 4.93. The van der Waals surface area contributed by atoms with Gasteiger partial charge < -0.3 is 15.7 Å². The van der Waals surface area contributed by atoms with Gasteiger partial charge >= 0.3 is 5.97 Å². The van der Waals surface area contributed by atoms with E-state index < -0.39 is 11.9 Å². The highest BCUT2D eigenvalue weighted by molar-refractivity contribution is 5.93. The molecule has 1 aromatic carbocycles. The third-order valence-corrected chi connectivity index (χ3v) is 3.87. The van der Waals surface area contributed by atoms with Crippen molar-refractivity contribution in [3.8, 4) is 6.07 Å². The van der Waals surface area contributed by atoms with Gasteiger partial charge in [-0.25, -0.2) is 9.78 Å². The van der Waals surface area contributed by atoms with Crippen molar-refractivity contribution in [2.24, 2.45) is 0 Å². The first-order chi connectivity index (χ1) is 12.4. The molecule has 0 atom stereocenters. The summed E-state index contributed by atoms with van der Waals surface area (Å²) in [6.07, 6.45) is 2.36. The molecule has 0 unspecified atom stereocenters. The molecule has 2 rings (SSSR count). The Labute approximate surface area is 151 Å². The van der Waals surface area contributed by atoms with E-state index in [1.165, 1.54) is 0 Å². The fraction of sp³-hybridized carbons (Fsp3) is 0.263. The van der Waals surface area contributed by atoms with Gasteiger partial charge in [0.15, 0.2) is 0 Å². The number of fused-ring (bicyclic) bond motifs is 1. The SMILES string of the molecule is Cc1cc2cc(C#N)c(NCCCNC(=O)/C=C/C(=O)O)nc2cc1C. The first kappa shape index (κ1) is 18.9. The average Bonchev–Trinajstić information content (AvgIpc) is 2.60. The Balaban J connectivity index is 1.96. The van der Waals surface area contributed by atoms with Crippen LogP contribution in [0, 0.1) is 25.2 Å². The fourth-order valence-corrected chi connectivity index (χ4v) is 2.37. The molecule has 0 radical (unpaired) electrons. The molecule has 0 saturated heterocycles. The quantitative estimate of drug-likeness (QED) is 0.520. The summed E-state index contributed by atoms with van der Waals surface area (Å²) >= 11 is 0. The number of hydrogen-bond acceptors (Lipinski definition) is 5. The van der Waals surface area contributed by atoms with Crippen LogP contribution in [0.15, 0.2) is 30.4 Å². The van der Waals surface area contributed by atoms with Crippen molar-refractivity contribution in [2.45, 2.75) is 20.3 Å². The number of carboxylic acids is 1. The lowest BCUT2D eigenvalue weighted by Crippen LogP contribution is -2.24. The summed E-state index contributed by atoms with van der Waals surface area (Å²) in [5.41, 5.74) is 3.57. The number of aromatic nitrogens is 1. The molecule has 7 heteroatoms. The van der Waals surface area contributed by atoms with E-state index in [4.69, 9.17) is 5.11 Å². The van der Waals surface area contributed by atoms with Crippen LogP contribution in [0.3, 0.4) is 0 Å². The van der Waals surface area contributed by atoms with Crippen LogP contribution < -0.4 is 10.6 Å². The molecule has 0 saturated carbocycles. The lowest BCUT2D eigenvalue weighted by atomic mass is 10.0. The number of amides is 1. The van der Waals surface area contributed by atoms with Crippen LogP contribution in [0.1, 0.15) is 23.1 Å². The van der Waals surface area contributed by atoms with E-state index in [0.29, 0.717) is 30.9 Å². The van der Waals surface area contributed by atoms with Crippen molar-refractivity contribution >= 4 is 28.6 Å². The van der Waals surface area contributed by atoms with Crippen molar-refractivity contribution in [1.82, 2.24) is 10.3 Å². The van der Waals surface area contributed by atoms with Crippen LogP contribution in [-0.4, -0.2) is 35.1 Å². The van der Waals surface area contributed by atoms with Gasteiger partial charge in [0.05, 0.1) is 11.1 Å². The molecule has 134 valence electrons. The highest BCUT2D eigenvalue weighted by Crippen LogP contribution is 2.23. The van der Waals surface area contributed by atoms with Crippen molar-refractivity contribution in [2.75, 3.05) is 18.4 Å². The first-order valence-corrected chi connectivity index (χ1v) is 8.15. The molecule has 0 aliphatic carbocycles. The number of nitrogens with zero attached hydrogens (tertiary/aromatic N) is 2. The molecule has 0 bridgehead atoms. The Kier molecular flexibility index (Phi) is 6.28. The highest BCUT2D eigenvalue weighted by atomic mass is 16.4. The molecule has 2 aromatic rings. The van der Waals surface area contributed by atoms with Gasteiger partial charge in [-0.15, -0.1) is 0 Å². The zero-order chi connectivity index (χ0) is 19.1. The monoisotopic (exact) mass is 352 g/mol. The zero-order valence-corrected chi connectivity index (χ0v) is 14.7. The number of carbonyl (C=O) groups is 2. The number of nitrogens with one attached hydrogen (secondary N) is 2. The van der Waals surface area contributed by atoms with Gasteiger partial charge in [-0.2, -0.15) is 5.26 Å². The van der Waals surface area contributed by atoms with E-state index in [-0.39, 0.29) is 0 Å². The van der Waals surface area contributed by atoms with Crippen LogP contribution in [0.4, 0.5) is 5.82 Å². The molecule has 3 N–H and O–H groups in total. The number of hydrogen-bond donors (Lipinski definition) is 3. The van der Waals surface area contributed by atoms with E-state index in [2.05, 4.69) is 21.7 Å². The Morgan fingerprint density at radius 3 is 2.62 bits per heavy atom. The zero-order valence-electron chi connectivity index (χ0n) is 14.7. The molecule has 0 aliphatic rings. The number of aliphatic carboxylic acids is 1. The molecule has 0 fully saturated rings. The van der Waals surface area contributed by atoms with Gasteiger partial charge in [-0.05, 0) is 49.6 Å². The van der Waals surface area contributed by atoms with Gasteiger partial charge in [-0.3, -0.25) is 4.79 Å². The highest BCUT2D eigenvalue weighted by Gasteiger charge is 2.08. The van der Waals surface area contributed by atoms with E-state index in [0.717, 1.165) is 34.2 Å². The largest absolute Gasteiger partial charge is 0.478 e. The van der Waals surface area contributed by atoms with Crippen molar-refractivity contribution < 1.29 is 14.7 Å². The second-order valence-corrected chi connectivity index (χ2v) is 5.87. The van der Waals surface area contributed by atoms with E-state index in [1.807, 2.05) is 32.0 Å². The molecule has 0 spiro atoms. The summed E-state index contributed by atoms with van der Waals surface area (Å²) in [5, 5.41) is 24.4. The molecular formula is C19H20N4O3. The van der Waals surface area contributed by atoms with E-state index in [1.54, 1.807) is 0 Å². The maximum Gasteiger partial charge on any atom is 0.328 e. The summed E-state index contributed by atoms with van der Waals surface area (Å²) in [4.78, 5) is 26.2. The lowest BCUT2D eigenvalue weighted by molar-refractivity contribution is -0.131.